The molecule has 5 nitrogen and oxygen atoms in total. The lowest BCUT2D eigenvalue weighted by Crippen LogP contribution is -2.18. The first-order valence-electron chi connectivity index (χ1n) is 5.58. The summed E-state index contributed by atoms with van der Waals surface area (Å²) in [5.74, 6) is 1.16. The molecule has 96 valence electrons. The molecule has 3 heterocycles. The van der Waals surface area contributed by atoms with Crippen molar-refractivity contribution in [2.75, 3.05) is 0 Å². The molecule has 0 radical (unpaired) electrons. The lowest BCUT2D eigenvalue weighted by molar-refractivity contribution is 0.408. The smallest absolute Gasteiger partial charge is 0.250 e. The molecule has 3 aromatic rings. The molecule has 0 aromatic carbocycles. The summed E-state index contributed by atoms with van der Waals surface area (Å²) >= 11 is 3.33. The molecule has 0 saturated carbocycles. The zero-order valence-electron chi connectivity index (χ0n) is 9.75. The molecule has 0 aliphatic rings. The molecular formula is C13H9BrN2O3. The molecule has 3 aromatic heterocycles. The molecule has 0 fully saturated rings. The predicted molar refractivity (Wildman–Crippen MR) is 71.7 cm³/mol. The van der Waals surface area contributed by atoms with Crippen molar-refractivity contribution in [1.82, 2.24) is 9.72 Å². The van der Waals surface area contributed by atoms with E-state index in [1.165, 1.54) is 6.07 Å². The van der Waals surface area contributed by atoms with Gasteiger partial charge >= 0.3 is 0 Å². The molecule has 0 amide bonds. The van der Waals surface area contributed by atoms with Crippen LogP contribution in [0.15, 0.2) is 61.0 Å². The van der Waals surface area contributed by atoms with Gasteiger partial charge in [-0.05, 0) is 34.1 Å². The quantitative estimate of drug-likeness (QED) is 0.744. The largest absolute Gasteiger partial charge is 0.461 e. The maximum Gasteiger partial charge on any atom is 0.250 e. The van der Waals surface area contributed by atoms with Gasteiger partial charge in [-0.2, -0.15) is 0 Å². The SMILES string of the molecule is O=c1ccc(Br)cn1Cc1cc(-c2ccco2)on1. The minimum Gasteiger partial charge on any atom is -0.461 e. The fourth-order valence-corrected chi connectivity index (χ4v) is 2.10. The van der Waals surface area contributed by atoms with E-state index in [1.807, 2.05) is 0 Å². The Kier molecular flexibility index (Phi) is 3.08. The Balaban J connectivity index is 1.88. The highest BCUT2D eigenvalue weighted by atomic mass is 79.9. The molecule has 0 bridgehead atoms. The monoisotopic (exact) mass is 320 g/mol. The topological polar surface area (TPSA) is 61.2 Å². The highest BCUT2D eigenvalue weighted by Gasteiger charge is 2.09. The second kappa shape index (κ2) is 4.89. The van der Waals surface area contributed by atoms with Crippen LogP contribution < -0.4 is 5.56 Å². The van der Waals surface area contributed by atoms with E-state index in [-0.39, 0.29) is 5.56 Å². The second-order valence-corrected chi connectivity index (χ2v) is 4.89. The van der Waals surface area contributed by atoms with Gasteiger partial charge in [0.2, 0.25) is 5.76 Å². The van der Waals surface area contributed by atoms with Crippen molar-refractivity contribution in [3.63, 3.8) is 0 Å². The molecule has 0 saturated heterocycles. The second-order valence-electron chi connectivity index (χ2n) is 3.97. The fraction of sp³-hybridized carbons (Fsp3) is 0.0769. The Morgan fingerprint density at radius 2 is 2.16 bits per heavy atom. The van der Waals surface area contributed by atoms with Crippen molar-refractivity contribution in [3.8, 4) is 11.5 Å². The third-order valence-electron chi connectivity index (χ3n) is 2.60. The highest BCUT2D eigenvalue weighted by molar-refractivity contribution is 9.10. The van der Waals surface area contributed by atoms with E-state index < -0.39 is 0 Å². The molecule has 0 unspecified atom stereocenters. The van der Waals surface area contributed by atoms with Gasteiger partial charge in [-0.25, -0.2) is 0 Å². The fourth-order valence-electron chi connectivity index (χ4n) is 1.72. The third-order valence-corrected chi connectivity index (χ3v) is 3.07. The van der Waals surface area contributed by atoms with Gasteiger partial charge in [0.1, 0.15) is 5.69 Å². The van der Waals surface area contributed by atoms with Crippen LogP contribution in [0.4, 0.5) is 0 Å². The summed E-state index contributed by atoms with van der Waals surface area (Å²) in [7, 11) is 0. The average molecular weight is 321 g/mol. The molecule has 6 heteroatoms. The van der Waals surface area contributed by atoms with E-state index in [9.17, 15) is 4.79 Å². The normalized spacial score (nSPS) is 10.8. The summed E-state index contributed by atoms with van der Waals surface area (Å²) < 4.78 is 12.8. The third kappa shape index (κ3) is 2.53. The number of nitrogens with zero attached hydrogens (tertiary/aromatic N) is 2. The van der Waals surface area contributed by atoms with Gasteiger partial charge < -0.3 is 13.5 Å². The Morgan fingerprint density at radius 1 is 1.26 bits per heavy atom. The summed E-state index contributed by atoms with van der Waals surface area (Å²) in [6.45, 7) is 0.350. The summed E-state index contributed by atoms with van der Waals surface area (Å²) in [6, 6.07) is 8.52. The minimum atomic E-state index is -0.0919. The van der Waals surface area contributed by atoms with E-state index in [0.717, 1.165) is 4.47 Å². The number of aromatic nitrogens is 2. The molecular weight excluding hydrogens is 312 g/mol. The molecule has 0 aliphatic carbocycles. The maximum atomic E-state index is 11.7. The molecule has 19 heavy (non-hydrogen) atoms. The van der Waals surface area contributed by atoms with Crippen LogP contribution in [-0.4, -0.2) is 9.72 Å². The van der Waals surface area contributed by atoms with Crippen molar-refractivity contribution in [3.05, 3.63) is 63.3 Å². The van der Waals surface area contributed by atoms with Crippen molar-refractivity contribution in [2.24, 2.45) is 0 Å². The van der Waals surface area contributed by atoms with Crippen LogP contribution in [-0.2, 0) is 6.54 Å². The van der Waals surface area contributed by atoms with Gasteiger partial charge in [0, 0.05) is 22.8 Å². The van der Waals surface area contributed by atoms with Crippen LogP contribution >= 0.6 is 15.9 Å². The van der Waals surface area contributed by atoms with Crippen molar-refractivity contribution < 1.29 is 8.94 Å². The van der Waals surface area contributed by atoms with E-state index in [2.05, 4.69) is 21.1 Å². The summed E-state index contributed by atoms with van der Waals surface area (Å²) in [6.07, 6.45) is 3.28. The average Bonchev–Trinajstić information content (AvgIpc) is 3.04. The Labute approximate surface area is 116 Å². The molecule has 0 N–H and O–H groups in total. The summed E-state index contributed by atoms with van der Waals surface area (Å²) in [5, 5.41) is 3.93. The van der Waals surface area contributed by atoms with E-state index in [1.54, 1.807) is 41.3 Å². The van der Waals surface area contributed by atoms with Gasteiger partial charge in [0.15, 0.2) is 5.76 Å². The lowest BCUT2D eigenvalue weighted by atomic mass is 10.3. The first-order valence-corrected chi connectivity index (χ1v) is 6.37. The first-order chi connectivity index (χ1) is 9.22. The number of rotatable bonds is 3. The van der Waals surface area contributed by atoms with Crippen LogP contribution in [0.1, 0.15) is 5.69 Å². The van der Waals surface area contributed by atoms with Gasteiger partial charge in [0.25, 0.3) is 5.56 Å². The van der Waals surface area contributed by atoms with Crippen LogP contribution in [0, 0.1) is 0 Å². The van der Waals surface area contributed by atoms with Gasteiger partial charge in [-0.1, -0.05) is 5.16 Å². The highest BCUT2D eigenvalue weighted by Crippen LogP contribution is 2.20. The summed E-state index contributed by atoms with van der Waals surface area (Å²) in [5.41, 5.74) is 0.567. The van der Waals surface area contributed by atoms with Crippen LogP contribution in [0.3, 0.4) is 0 Å². The first kappa shape index (κ1) is 12.0. The molecule has 0 atom stereocenters. The van der Waals surface area contributed by atoms with Gasteiger partial charge in [0.05, 0.1) is 12.8 Å². The van der Waals surface area contributed by atoms with Crippen molar-refractivity contribution in [1.29, 1.82) is 0 Å². The van der Waals surface area contributed by atoms with E-state index >= 15 is 0 Å². The molecule has 0 spiro atoms. The Hall–Kier alpha value is -2.08. The van der Waals surface area contributed by atoms with Crippen molar-refractivity contribution >= 4 is 15.9 Å². The number of pyridine rings is 1. The Bertz CT molecular complexity index is 743. The number of hydrogen-bond acceptors (Lipinski definition) is 4. The van der Waals surface area contributed by atoms with E-state index in [0.29, 0.717) is 23.8 Å². The van der Waals surface area contributed by atoms with E-state index in [4.69, 9.17) is 8.94 Å². The minimum absolute atomic E-state index is 0.0919. The van der Waals surface area contributed by atoms with Gasteiger partial charge in [-0.3, -0.25) is 4.79 Å². The van der Waals surface area contributed by atoms with Crippen LogP contribution in [0.5, 0.6) is 0 Å². The van der Waals surface area contributed by atoms with Crippen LogP contribution in [0.2, 0.25) is 0 Å². The van der Waals surface area contributed by atoms with Gasteiger partial charge in [-0.15, -0.1) is 0 Å². The number of hydrogen-bond donors (Lipinski definition) is 0. The molecule has 3 rings (SSSR count). The maximum absolute atomic E-state index is 11.7. The zero-order valence-corrected chi connectivity index (χ0v) is 11.3. The number of halogens is 1. The lowest BCUT2D eigenvalue weighted by Gasteiger charge is -2.02. The summed E-state index contributed by atoms with van der Waals surface area (Å²) in [4.78, 5) is 11.7. The zero-order chi connectivity index (χ0) is 13.2. The number of furan rings is 1. The van der Waals surface area contributed by atoms with Crippen molar-refractivity contribution in [2.45, 2.75) is 6.54 Å². The molecule has 0 aliphatic heterocycles. The van der Waals surface area contributed by atoms with Crippen LogP contribution in [0.25, 0.3) is 11.5 Å². The Morgan fingerprint density at radius 3 is 2.95 bits per heavy atom. The standard InChI is InChI=1S/C13H9BrN2O3/c14-9-3-4-13(17)16(7-9)8-10-6-12(19-15-10)11-2-1-5-18-11/h1-7H,8H2. The predicted octanol–water partition coefficient (Wildman–Crippen LogP) is 2.91.